The van der Waals surface area contributed by atoms with Gasteiger partial charge in [0.15, 0.2) is 0 Å². The number of rotatable bonds is 7. The van der Waals surface area contributed by atoms with Crippen molar-refractivity contribution in [3.05, 3.63) is 40.7 Å². The van der Waals surface area contributed by atoms with Crippen LogP contribution in [0.2, 0.25) is 0 Å². The number of alkyl halides is 3. The molecule has 3 rings (SSSR count). The highest BCUT2D eigenvalue weighted by Crippen LogP contribution is 2.34. The van der Waals surface area contributed by atoms with E-state index in [0.717, 1.165) is 5.56 Å². The van der Waals surface area contributed by atoms with Crippen LogP contribution >= 0.6 is 11.3 Å². The summed E-state index contributed by atoms with van der Waals surface area (Å²) in [4.78, 5) is 27.9. The van der Waals surface area contributed by atoms with E-state index in [0.29, 0.717) is 38.9 Å². The first kappa shape index (κ1) is 21.8. The summed E-state index contributed by atoms with van der Waals surface area (Å²) in [5.41, 5.74) is 1.49. The number of aryl methyl sites for hydroxylation is 1. The minimum atomic E-state index is -4.26. The minimum Gasteiger partial charge on any atom is -0.481 e. The summed E-state index contributed by atoms with van der Waals surface area (Å²) in [5, 5.41) is 3.27. The molecule has 1 N–H and O–H groups in total. The van der Waals surface area contributed by atoms with Crippen LogP contribution in [-0.2, 0) is 6.54 Å². The Hall–Kier alpha value is -2.95. The lowest BCUT2D eigenvalue weighted by Gasteiger charge is -2.17. The molecule has 160 valence electrons. The molecule has 3 aromatic heterocycles. The van der Waals surface area contributed by atoms with Crippen LogP contribution in [0, 0.1) is 6.92 Å². The second-order valence-corrected chi connectivity index (χ2v) is 7.62. The molecule has 0 fully saturated rings. The number of halogens is 3. The number of aromatic nitrogens is 3. The van der Waals surface area contributed by atoms with Crippen LogP contribution in [0.3, 0.4) is 0 Å². The van der Waals surface area contributed by atoms with E-state index < -0.39 is 12.6 Å². The van der Waals surface area contributed by atoms with Crippen molar-refractivity contribution in [2.45, 2.75) is 26.1 Å². The van der Waals surface area contributed by atoms with Crippen LogP contribution in [0.4, 0.5) is 19.0 Å². The Bertz CT molecular complexity index is 1050. The molecule has 0 saturated heterocycles. The fraction of sp³-hybridized carbons (Fsp3) is 0.368. The molecule has 0 aliphatic carbocycles. The molecule has 3 aromatic rings. The molecule has 11 heteroatoms. The highest BCUT2D eigenvalue weighted by Gasteiger charge is 2.27. The zero-order chi connectivity index (χ0) is 21.9. The molecule has 0 aliphatic heterocycles. The van der Waals surface area contributed by atoms with E-state index in [1.807, 2.05) is 0 Å². The molecular weight excluding hydrogens is 419 g/mol. The van der Waals surface area contributed by atoms with Gasteiger partial charge in [0.2, 0.25) is 5.88 Å². The van der Waals surface area contributed by atoms with Gasteiger partial charge < -0.3 is 15.0 Å². The summed E-state index contributed by atoms with van der Waals surface area (Å²) in [6.45, 7) is 1.78. The number of methoxy groups -OCH3 is 1. The quantitative estimate of drug-likeness (QED) is 0.599. The second-order valence-electron chi connectivity index (χ2n) is 6.62. The van der Waals surface area contributed by atoms with Crippen LogP contribution < -0.4 is 10.1 Å². The van der Waals surface area contributed by atoms with Crippen LogP contribution in [0.15, 0.2) is 24.7 Å². The zero-order valence-corrected chi connectivity index (χ0v) is 17.4. The summed E-state index contributed by atoms with van der Waals surface area (Å²) in [7, 11) is 3.19. The fourth-order valence-corrected chi connectivity index (χ4v) is 4.06. The van der Waals surface area contributed by atoms with Crippen molar-refractivity contribution in [2.75, 3.05) is 26.0 Å². The van der Waals surface area contributed by atoms with Gasteiger partial charge in [0.1, 0.15) is 17.0 Å². The van der Waals surface area contributed by atoms with E-state index in [-0.39, 0.29) is 12.5 Å². The topological polar surface area (TPSA) is 80.2 Å². The summed E-state index contributed by atoms with van der Waals surface area (Å²) >= 11 is 1.19. The number of hydrogen-bond acceptors (Lipinski definition) is 7. The number of thiophene rings is 1. The van der Waals surface area contributed by atoms with E-state index in [1.54, 1.807) is 37.2 Å². The lowest BCUT2D eigenvalue weighted by Crippen LogP contribution is -2.26. The molecule has 0 aromatic carbocycles. The maximum Gasteiger partial charge on any atom is 0.390 e. The van der Waals surface area contributed by atoms with E-state index in [4.69, 9.17) is 4.74 Å². The third-order valence-corrected chi connectivity index (χ3v) is 5.58. The highest BCUT2D eigenvalue weighted by molar-refractivity contribution is 7.20. The van der Waals surface area contributed by atoms with Crippen molar-refractivity contribution in [3.63, 3.8) is 0 Å². The van der Waals surface area contributed by atoms with Crippen molar-refractivity contribution in [1.82, 2.24) is 19.9 Å². The SMILES string of the molecule is COc1cc(CN(C)C(=O)c2sc3ncnc(NCCC(F)(F)F)c3c2C)ccn1. The van der Waals surface area contributed by atoms with Crippen molar-refractivity contribution in [2.24, 2.45) is 0 Å². The molecule has 30 heavy (non-hydrogen) atoms. The summed E-state index contributed by atoms with van der Waals surface area (Å²) in [6, 6.07) is 3.54. The molecule has 3 heterocycles. The van der Waals surface area contributed by atoms with Crippen LogP contribution in [-0.4, -0.2) is 52.6 Å². The van der Waals surface area contributed by atoms with Gasteiger partial charge in [-0.25, -0.2) is 15.0 Å². The number of nitrogens with zero attached hydrogens (tertiary/aromatic N) is 4. The van der Waals surface area contributed by atoms with E-state index >= 15 is 0 Å². The van der Waals surface area contributed by atoms with Gasteiger partial charge >= 0.3 is 6.18 Å². The van der Waals surface area contributed by atoms with Gasteiger partial charge in [0.05, 0.1) is 23.8 Å². The Labute approximate surface area is 174 Å². The number of nitrogens with one attached hydrogen (secondary N) is 1. The maximum atomic E-state index is 13.0. The molecule has 0 unspecified atom stereocenters. The number of hydrogen-bond donors (Lipinski definition) is 1. The lowest BCUT2D eigenvalue weighted by molar-refractivity contribution is -0.131. The number of amides is 1. The molecular formula is C19H20F3N5O2S. The number of carbonyl (C=O) groups is 1. The van der Waals surface area contributed by atoms with E-state index in [2.05, 4.69) is 20.3 Å². The third kappa shape index (κ3) is 4.96. The van der Waals surface area contributed by atoms with Crippen molar-refractivity contribution >= 4 is 33.3 Å². The van der Waals surface area contributed by atoms with Crippen LogP contribution in [0.25, 0.3) is 10.2 Å². The van der Waals surface area contributed by atoms with Gasteiger partial charge in [-0.15, -0.1) is 11.3 Å². The number of ether oxygens (including phenoxy) is 1. The van der Waals surface area contributed by atoms with Gasteiger partial charge in [-0.3, -0.25) is 4.79 Å². The van der Waals surface area contributed by atoms with E-state index in [1.165, 1.54) is 24.8 Å². The van der Waals surface area contributed by atoms with Crippen molar-refractivity contribution in [3.8, 4) is 5.88 Å². The second kappa shape index (κ2) is 8.82. The Morgan fingerprint density at radius 3 is 2.77 bits per heavy atom. The number of pyridine rings is 1. The average molecular weight is 439 g/mol. The molecule has 0 spiro atoms. The molecule has 0 saturated carbocycles. The van der Waals surface area contributed by atoms with Crippen molar-refractivity contribution < 1.29 is 22.7 Å². The maximum absolute atomic E-state index is 13.0. The molecule has 1 amide bonds. The Morgan fingerprint density at radius 2 is 2.07 bits per heavy atom. The summed E-state index contributed by atoms with van der Waals surface area (Å²) < 4.78 is 42.4. The predicted octanol–water partition coefficient (Wildman–Crippen LogP) is 4.04. The van der Waals surface area contributed by atoms with Crippen LogP contribution in [0.1, 0.15) is 27.2 Å². The summed E-state index contributed by atoms with van der Waals surface area (Å²) in [5.74, 6) is 0.530. The largest absolute Gasteiger partial charge is 0.481 e. The number of fused-ring (bicyclic) bond motifs is 1. The van der Waals surface area contributed by atoms with Gasteiger partial charge in [-0.2, -0.15) is 13.2 Å². The molecule has 7 nitrogen and oxygen atoms in total. The van der Waals surface area contributed by atoms with Crippen LogP contribution in [0.5, 0.6) is 5.88 Å². The Kier molecular flexibility index (Phi) is 6.40. The lowest BCUT2D eigenvalue weighted by atomic mass is 10.1. The number of carbonyl (C=O) groups excluding carboxylic acids is 1. The predicted molar refractivity (Wildman–Crippen MR) is 108 cm³/mol. The fourth-order valence-electron chi connectivity index (χ4n) is 2.91. The van der Waals surface area contributed by atoms with Gasteiger partial charge in [0, 0.05) is 32.4 Å². The standard InChI is InChI=1S/C19H20F3N5O2S/c1-11-14-16(24-7-5-19(20,21)22)25-10-26-17(14)30-15(11)18(28)27(2)9-12-4-6-23-13(8-12)29-3/h4,6,8,10H,5,7,9H2,1-3H3,(H,24,25,26). The minimum absolute atomic E-state index is 0.215. The van der Waals surface area contributed by atoms with Gasteiger partial charge in [-0.05, 0) is 24.1 Å². The van der Waals surface area contributed by atoms with Crippen molar-refractivity contribution in [1.29, 1.82) is 0 Å². The molecule has 0 bridgehead atoms. The molecule has 0 radical (unpaired) electrons. The third-order valence-electron chi connectivity index (χ3n) is 4.40. The normalized spacial score (nSPS) is 11.5. The molecule has 0 atom stereocenters. The first-order valence-electron chi connectivity index (χ1n) is 8.98. The first-order valence-corrected chi connectivity index (χ1v) is 9.80. The Morgan fingerprint density at radius 1 is 1.30 bits per heavy atom. The average Bonchev–Trinajstić information content (AvgIpc) is 3.04. The van der Waals surface area contributed by atoms with Gasteiger partial charge in [0.25, 0.3) is 5.91 Å². The monoisotopic (exact) mass is 439 g/mol. The zero-order valence-electron chi connectivity index (χ0n) is 16.6. The highest BCUT2D eigenvalue weighted by atomic mass is 32.1. The smallest absolute Gasteiger partial charge is 0.390 e. The Balaban J connectivity index is 1.82. The van der Waals surface area contributed by atoms with E-state index in [9.17, 15) is 18.0 Å². The van der Waals surface area contributed by atoms with Gasteiger partial charge in [-0.1, -0.05) is 0 Å². The number of anilines is 1. The first-order chi connectivity index (χ1) is 14.2. The summed E-state index contributed by atoms with van der Waals surface area (Å²) in [6.07, 6.45) is -2.37. The molecule has 0 aliphatic rings.